The van der Waals surface area contributed by atoms with Gasteiger partial charge in [-0.15, -0.1) is 0 Å². The molecule has 1 amide bonds. The maximum absolute atomic E-state index is 12.6. The number of carboxylic acids is 1. The number of hydrazone groups is 1. The van der Waals surface area contributed by atoms with Crippen LogP contribution in [0.5, 0.6) is 17.2 Å². The number of furan rings is 1. The maximum Gasteiger partial charge on any atom is 0.335 e. The Labute approximate surface area is 273 Å². The van der Waals surface area contributed by atoms with Crippen LogP contribution in [0, 0.1) is 17.4 Å². The molecule has 5 aromatic rings. The number of nitrogens with zero attached hydrogens (tertiary/aromatic N) is 2. The lowest BCUT2D eigenvalue weighted by atomic mass is 10.1. The second kappa shape index (κ2) is 14.2. The second-order valence-corrected chi connectivity index (χ2v) is 11.2. The maximum atomic E-state index is 12.6. The Morgan fingerprint density at radius 2 is 1.71 bits per heavy atom. The number of carboxylic acid groups (broad SMARTS) is 1. The molecule has 0 aliphatic carbocycles. The molecule has 0 aliphatic rings. The highest BCUT2D eigenvalue weighted by Gasteiger charge is 2.14. The van der Waals surface area contributed by atoms with E-state index >= 15 is 0 Å². The topological polar surface area (TPSA) is 125 Å². The van der Waals surface area contributed by atoms with Gasteiger partial charge < -0.3 is 28.3 Å². The number of aromatic carboxylic acids is 1. The third-order valence-corrected chi connectivity index (χ3v) is 7.62. The van der Waals surface area contributed by atoms with Gasteiger partial charge in [0.15, 0.2) is 17.3 Å². The average Bonchev–Trinajstić information content (AvgIpc) is 3.65. The van der Waals surface area contributed by atoms with Crippen LogP contribution in [0.25, 0.3) is 5.69 Å². The number of hydrogen-bond donors (Lipinski definition) is 2. The Morgan fingerprint density at radius 3 is 2.42 bits per heavy atom. The van der Waals surface area contributed by atoms with E-state index in [9.17, 15) is 14.7 Å². The van der Waals surface area contributed by atoms with Crippen LogP contribution in [0.15, 0.2) is 94.4 Å². The molecular formula is C34H30IN3O7. The third kappa shape index (κ3) is 7.73. The fraction of sp³-hybridized carbons (Fsp3) is 0.147. The van der Waals surface area contributed by atoms with Gasteiger partial charge in [0.1, 0.15) is 24.7 Å². The molecule has 0 radical (unpaired) electrons. The number of halogens is 1. The van der Waals surface area contributed by atoms with E-state index in [-0.39, 0.29) is 24.5 Å². The summed E-state index contributed by atoms with van der Waals surface area (Å²) < 4.78 is 25.9. The minimum atomic E-state index is -1.00. The molecular weight excluding hydrogens is 689 g/mol. The molecule has 5 rings (SSSR count). The third-order valence-electron chi connectivity index (χ3n) is 6.82. The van der Waals surface area contributed by atoms with Crippen LogP contribution in [-0.4, -0.2) is 34.9 Å². The largest absolute Gasteiger partial charge is 0.493 e. The number of amides is 1. The van der Waals surface area contributed by atoms with Crippen LogP contribution >= 0.6 is 22.6 Å². The molecule has 2 aromatic heterocycles. The smallest absolute Gasteiger partial charge is 0.335 e. The number of benzene rings is 3. The minimum Gasteiger partial charge on any atom is -0.493 e. The predicted octanol–water partition coefficient (Wildman–Crippen LogP) is 6.92. The molecule has 0 saturated heterocycles. The number of carbonyl (C=O) groups excluding carboxylic acids is 1. The zero-order chi connectivity index (χ0) is 31.9. The van der Waals surface area contributed by atoms with E-state index in [1.807, 2.05) is 30.3 Å². The summed E-state index contributed by atoms with van der Waals surface area (Å²) in [5.74, 6) is 0.734. The lowest BCUT2D eigenvalue weighted by molar-refractivity contribution is 0.0696. The number of aromatic nitrogens is 1. The van der Waals surface area contributed by atoms with E-state index in [0.29, 0.717) is 34.1 Å². The lowest BCUT2D eigenvalue weighted by Crippen LogP contribution is -2.16. The summed E-state index contributed by atoms with van der Waals surface area (Å²) in [5, 5.41) is 13.3. The van der Waals surface area contributed by atoms with Crippen LogP contribution in [-0.2, 0) is 13.2 Å². The summed E-state index contributed by atoms with van der Waals surface area (Å²) in [6, 6.07) is 25.3. The van der Waals surface area contributed by atoms with Crippen molar-refractivity contribution in [1.29, 1.82) is 0 Å². The van der Waals surface area contributed by atoms with Crippen LogP contribution in [0.3, 0.4) is 0 Å². The molecule has 0 saturated carbocycles. The number of carbonyl (C=O) groups is 2. The first-order valence-electron chi connectivity index (χ1n) is 13.8. The van der Waals surface area contributed by atoms with E-state index in [0.717, 1.165) is 20.6 Å². The molecule has 45 heavy (non-hydrogen) atoms. The van der Waals surface area contributed by atoms with Crippen molar-refractivity contribution in [3.8, 4) is 22.9 Å². The van der Waals surface area contributed by atoms with Crippen molar-refractivity contribution in [3.05, 3.63) is 128 Å². The van der Waals surface area contributed by atoms with Crippen molar-refractivity contribution in [1.82, 2.24) is 9.99 Å². The molecule has 10 nitrogen and oxygen atoms in total. The van der Waals surface area contributed by atoms with Crippen LogP contribution < -0.4 is 19.6 Å². The summed E-state index contributed by atoms with van der Waals surface area (Å²) in [4.78, 5) is 23.9. The van der Waals surface area contributed by atoms with Crippen molar-refractivity contribution in [2.45, 2.75) is 27.1 Å². The first kappa shape index (κ1) is 31.4. The molecule has 0 bridgehead atoms. The summed E-state index contributed by atoms with van der Waals surface area (Å²) in [5.41, 5.74) is 7.39. The monoisotopic (exact) mass is 719 g/mol. The highest BCUT2D eigenvalue weighted by Crippen LogP contribution is 2.34. The fourth-order valence-electron chi connectivity index (χ4n) is 4.62. The Hall–Kier alpha value is -5.04. The number of methoxy groups -OCH3 is 1. The van der Waals surface area contributed by atoms with Gasteiger partial charge in [-0.05, 0) is 120 Å². The number of rotatable bonds is 12. The molecule has 0 unspecified atom stereocenters. The van der Waals surface area contributed by atoms with Crippen LogP contribution in [0.1, 0.15) is 49.2 Å². The van der Waals surface area contributed by atoms with E-state index in [1.54, 1.807) is 36.4 Å². The average molecular weight is 720 g/mol. The molecule has 2 N–H and O–H groups in total. The Kier molecular flexibility index (Phi) is 9.88. The summed E-state index contributed by atoms with van der Waals surface area (Å²) in [6.07, 6.45) is 1.48. The molecule has 11 heteroatoms. The van der Waals surface area contributed by atoms with Crippen molar-refractivity contribution in [2.75, 3.05) is 7.11 Å². The zero-order valence-electron chi connectivity index (χ0n) is 24.7. The van der Waals surface area contributed by atoms with Gasteiger partial charge in [0.25, 0.3) is 0 Å². The van der Waals surface area contributed by atoms with Gasteiger partial charge in [0.2, 0.25) is 0 Å². The Bertz CT molecular complexity index is 1840. The quantitative estimate of drug-likeness (QED) is 0.0815. The van der Waals surface area contributed by atoms with Crippen molar-refractivity contribution in [3.63, 3.8) is 0 Å². The molecule has 3 aromatic carbocycles. The molecule has 0 atom stereocenters. The normalized spacial score (nSPS) is 11.0. The number of aryl methyl sites for hydroxylation is 2. The predicted molar refractivity (Wildman–Crippen MR) is 177 cm³/mol. The van der Waals surface area contributed by atoms with Gasteiger partial charge in [-0.25, -0.2) is 10.2 Å². The highest BCUT2D eigenvalue weighted by molar-refractivity contribution is 14.1. The van der Waals surface area contributed by atoms with Crippen LogP contribution in [0.2, 0.25) is 0 Å². The SMILES string of the molecule is COc1cc(/C=N/NC(=O)c2ccc(COc3ccc(-n4c(C)ccc4C)cc3)o2)cc(I)c1OCc1cccc(C(=O)O)c1. The van der Waals surface area contributed by atoms with Gasteiger partial charge in [-0.1, -0.05) is 12.1 Å². The second-order valence-electron chi connectivity index (χ2n) is 10.0. The van der Waals surface area contributed by atoms with Gasteiger partial charge >= 0.3 is 11.9 Å². The zero-order valence-corrected chi connectivity index (χ0v) is 26.9. The van der Waals surface area contributed by atoms with Crippen molar-refractivity contribution >= 4 is 40.7 Å². The minimum absolute atomic E-state index is 0.0996. The first-order chi connectivity index (χ1) is 21.7. The lowest BCUT2D eigenvalue weighted by Gasteiger charge is -2.14. The summed E-state index contributed by atoms with van der Waals surface area (Å²) in [6.45, 7) is 4.45. The summed E-state index contributed by atoms with van der Waals surface area (Å²) in [7, 11) is 1.52. The molecule has 2 heterocycles. The van der Waals surface area contributed by atoms with E-state index in [1.165, 1.54) is 19.4 Å². The van der Waals surface area contributed by atoms with E-state index in [2.05, 4.69) is 63.7 Å². The standard InChI is InChI=1S/C34H30IN3O7/c1-21-7-8-22(2)38(21)26-9-11-27(12-10-26)43-20-28-13-14-30(45-28)33(39)37-36-18-24-16-29(35)32(31(17-24)42-3)44-19-23-5-4-6-25(15-23)34(40)41/h4-18H,19-20H2,1-3H3,(H,37,39)(H,40,41)/b36-18+. The van der Waals surface area contributed by atoms with E-state index in [4.69, 9.17) is 18.6 Å². The number of nitrogens with one attached hydrogen (secondary N) is 1. The molecule has 230 valence electrons. The fourth-order valence-corrected chi connectivity index (χ4v) is 5.40. The summed E-state index contributed by atoms with van der Waals surface area (Å²) >= 11 is 2.11. The van der Waals surface area contributed by atoms with Gasteiger partial charge in [-0.3, -0.25) is 4.79 Å². The first-order valence-corrected chi connectivity index (χ1v) is 14.9. The number of ether oxygens (including phenoxy) is 3. The van der Waals surface area contributed by atoms with Gasteiger partial charge in [0, 0.05) is 17.1 Å². The Balaban J connectivity index is 1.15. The van der Waals surface area contributed by atoms with Crippen molar-refractivity contribution < 1.29 is 33.3 Å². The van der Waals surface area contributed by atoms with Crippen LogP contribution in [0.4, 0.5) is 0 Å². The molecule has 0 aliphatic heterocycles. The van der Waals surface area contributed by atoms with Crippen molar-refractivity contribution in [2.24, 2.45) is 5.10 Å². The van der Waals surface area contributed by atoms with Gasteiger partial charge in [-0.2, -0.15) is 5.10 Å². The Morgan fingerprint density at radius 1 is 0.956 bits per heavy atom. The van der Waals surface area contributed by atoms with Gasteiger partial charge in [0.05, 0.1) is 22.5 Å². The van der Waals surface area contributed by atoms with E-state index < -0.39 is 11.9 Å². The molecule has 0 fully saturated rings. The number of hydrogen-bond acceptors (Lipinski definition) is 7. The highest BCUT2D eigenvalue weighted by atomic mass is 127. The molecule has 0 spiro atoms.